The zero-order valence-corrected chi connectivity index (χ0v) is 22.9. The van der Waals surface area contributed by atoms with Gasteiger partial charge in [-0.25, -0.2) is 4.79 Å². The lowest BCUT2D eigenvalue weighted by molar-refractivity contribution is -0.141. The third-order valence-corrected chi connectivity index (χ3v) is 5.41. The van der Waals surface area contributed by atoms with Crippen molar-refractivity contribution in [1.29, 1.82) is 0 Å². The first kappa shape index (κ1) is 29.5. The van der Waals surface area contributed by atoms with Crippen molar-refractivity contribution in [2.45, 2.75) is 78.1 Å². The number of rotatable bonds is 7. The zero-order valence-electron chi connectivity index (χ0n) is 22.9. The van der Waals surface area contributed by atoms with E-state index < -0.39 is 41.1 Å². The highest BCUT2D eigenvalue weighted by molar-refractivity contribution is 5.92. The molecule has 0 radical (unpaired) electrons. The van der Waals surface area contributed by atoms with E-state index in [1.165, 1.54) is 24.1 Å². The van der Waals surface area contributed by atoms with Crippen molar-refractivity contribution in [1.82, 2.24) is 15.5 Å². The number of ether oxygens (including phenoxy) is 1. The molecule has 0 heterocycles. The molecule has 0 aliphatic rings. The molecular formula is C28H39N3O6. The van der Waals surface area contributed by atoms with E-state index in [1.807, 2.05) is 20.8 Å². The van der Waals surface area contributed by atoms with E-state index in [-0.39, 0.29) is 23.5 Å². The van der Waals surface area contributed by atoms with Crippen molar-refractivity contribution in [2.24, 2.45) is 0 Å². The summed E-state index contributed by atoms with van der Waals surface area (Å²) in [4.78, 5) is 41.1. The summed E-state index contributed by atoms with van der Waals surface area (Å²) in [6.45, 7) is 12.3. The van der Waals surface area contributed by atoms with E-state index in [0.717, 1.165) is 0 Å². The Kier molecular flexibility index (Phi) is 9.19. The molecule has 0 aliphatic heterocycles. The summed E-state index contributed by atoms with van der Waals surface area (Å²) >= 11 is 0. The molecule has 4 N–H and O–H groups in total. The molecule has 0 aliphatic carbocycles. The Morgan fingerprint density at radius 1 is 0.973 bits per heavy atom. The number of amides is 3. The molecular weight excluding hydrogens is 474 g/mol. The topological polar surface area (TPSA) is 128 Å². The van der Waals surface area contributed by atoms with Gasteiger partial charge in [-0.05, 0) is 71.7 Å². The molecule has 2 atom stereocenters. The number of likely N-dealkylation sites (N-methyl/N-ethyl adjacent to an activating group) is 1. The fourth-order valence-corrected chi connectivity index (χ4v) is 3.76. The zero-order chi connectivity index (χ0) is 28.1. The van der Waals surface area contributed by atoms with Crippen LogP contribution in [0.1, 0.15) is 64.3 Å². The van der Waals surface area contributed by atoms with E-state index in [4.69, 9.17) is 4.74 Å². The van der Waals surface area contributed by atoms with Crippen LogP contribution in [0.5, 0.6) is 11.5 Å². The molecule has 9 nitrogen and oxygen atoms in total. The highest BCUT2D eigenvalue weighted by Crippen LogP contribution is 2.32. The highest BCUT2D eigenvalue weighted by atomic mass is 16.6. The number of aromatic hydroxyl groups is 2. The van der Waals surface area contributed by atoms with Gasteiger partial charge in [-0.3, -0.25) is 9.59 Å². The van der Waals surface area contributed by atoms with Gasteiger partial charge in [0.1, 0.15) is 29.2 Å². The number of hydrogen-bond donors (Lipinski definition) is 4. The molecule has 202 valence electrons. The van der Waals surface area contributed by atoms with Gasteiger partial charge >= 0.3 is 6.09 Å². The van der Waals surface area contributed by atoms with E-state index in [9.17, 15) is 24.6 Å². The monoisotopic (exact) mass is 513 g/mol. The Bertz CT molecular complexity index is 1120. The molecule has 2 aromatic carbocycles. The van der Waals surface area contributed by atoms with Crippen molar-refractivity contribution in [3.8, 4) is 11.5 Å². The lowest BCUT2D eigenvalue weighted by Crippen LogP contribution is -2.54. The molecule has 0 bridgehead atoms. The van der Waals surface area contributed by atoms with Crippen molar-refractivity contribution >= 4 is 17.9 Å². The van der Waals surface area contributed by atoms with Gasteiger partial charge in [-0.1, -0.05) is 30.3 Å². The van der Waals surface area contributed by atoms with E-state index in [1.54, 1.807) is 58.0 Å². The summed E-state index contributed by atoms with van der Waals surface area (Å²) in [5.74, 6) is -1.07. The summed E-state index contributed by atoms with van der Waals surface area (Å²) < 4.78 is 5.37. The standard InChI is InChI=1S/C28H39N3O6/c1-17-10-9-11-20(23(17)33)22(24(34)30-27(2,3)4)31(8)25(35)21(29-26(36)37-28(5,6)7)16-18-12-14-19(32)15-13-18/h9-15,21-22,32-33H,16H2,1-8H3,(H,29,36)(H,30,34). The van der Waals surface area contributed by atoms with Gasteiger partial charge in [0.25, 0.3) is 0 Å². The SMILES string of the molecule is Cc1cccc(C(C(=O)NC(C)(C)C)N(C)C(=O)C(Cc2ccc(O)cc2)NC(=O)OC(C)(C)C)c1O. The fourth-order valence-electron chi connectivity index (χ4n) is 3.76. The average molecular weight is 514 g/mol. The van der Waals surface area contributed by atoms with Crippen LogP contribution in [-0.4, -0.2) is 57.3 Å². The van der Waals surface area contributed by atoms with E-state index in [2.05, 4.69) is 10.6 Å². The molecule has 9 heteroatoms. The number of carbonyl (C=O) groups excluding carboxylic acids is 3. The van der Waals surface area contributed by atoms with Gasteiger partial charge < -0.3 is 30.5 Å². The molecule has 3 amide bonds. The van der Waals surface area contributed by atoms with Gasteiger partial charge in [0.2, 0.25) is 11.8 Å². The smallest absolute Gasteiger partial charge is 0.408 e. The van der Waals surface area contributed by atoms with Gasteiger partial charge in [-0.2, -0.15) is 0 Å². The largest absolute Gasteiger partial charge is 0.508 e. The summed E-state index contributed by atoms with van der Waals surface area (Å²) in [5, 5.41) is 25.9. The van der Waals surface area contributed by atoms with Crippen LogP contribution in [0.4, 0.5) is 4.79 Å². The maximum atomic E-state index is 13.8. The Morgan fingerprint density at radius 3 is 2.11 bits per heavy atom. The summed E-state index contributed by atoms with van der Waals surface area (Å²) in [6.07, 6.45) is -0.706. The normalized spacial score (nSPS) is 13.3. The van der Waals surface area contributed by atoms with Crippen LogP contribution >= 0.6 is 0 Å². The minimum atomic E-state index is -1.17. The quantitative estimate of drug-likeness (QED) is 0.444. The Hall–Kier alpha value is -3.75. The number of benzene rings is 2. The molecule has 0 fully saturated rings. The van der Waals surface area contributed by atoms with Gasteiger partial charge in [0.05, 0.1) is 0 Å². The molecule has 0 spiro atoms. The predicted molar refractivity (Wildman–Crippen MR) is 141 cm³/mol. The van der Waals surface area contributed by atoms with Crippen LogP contribution in [0.3, 0.4) is 0 Å². The summed E-state index contributed by atoms with van der Waals surface area (Å²) in [5.41, 5.74) is 0.108. The number of aryl methyl sites for hydroxylation is 1. The maximum absolute atomic E-state index is 13.8. The first-order valence-corrected chi connectivity index (χ1v) is 12.1. The summed E-state index contributed by atoms with van der Waals surface area (Å²) in [6, 6.07) is 8.98. The third kappa shape index (κ3) is 8.70. The Labute approximate surface area is 218 Å². The average Bonchev–Trinajstić information content (AvgIpc) is 2.74. The number of nitrogens with one attached hydrogen (secondary N) is 2. The number of carbonyl (C=O) groups is 3. The number of hydrogen-bond acceptors (Lipinski definition) is 6. The number of alkyl carbamates (subject to hydrolysis) is 1. The lowest BCUT2D eigenvalue weighted by atomic mass is 9.97. The first-order valence-electron chi connectivity index (χ1n) is 12.1. The molecule has 0 aromatic heterocycles. The number of nitrogens with zero attached hydrogens (tertiary/aromatic N) is 1. The number of para-hydroxylation sites is 1. The lowest BCUT2D eigenvalue weighted by Gasteiger charge is -2.34. The predicted octanol–water partition coefficient (Wildman–Crippen LogP) is 3.96. The van der Waals surface area contributed by atoms with Gasteiger partial charge in [0.15, 0.2) is 0 Å². The van der Waals surface area contributed by atoms with Crippen molar-refractivity contribution in [2.75, 3.05) is 7.05 Å². The van der Waals surface area contributed by atoms with Crippen LogP contribution in [0, 0.1) is 6.92 Å². The molecule has 2 unspecified atom stereocenters. The molecule has 37 heavy (non-hydrogen) atoms. The number of phenolic OH excluding ortho intramolecular Hbond substituents is 2. The van der Waals surface area contributed by atoms with E-state index >= 15 is 0 Å². The van der Waals surface area contributed by atoms with E-state index in [0.29, 0.717) is 11.1 Å². The molecule has 0 saturated heterocycles. The van der Waals surface area contributed by atoms with Crippen molar-refractivity contribution in [3.05, 3.63) is 59.2 Å². The number of phenols is 2. The van der Waals surface area contributed by atoms with Crippen LogP contribution < -0.4 is 10.6 Å². The van der Waals surface area contributed by atoms with Crippen LogP contribution in [0.15, 0.2) is 42.5 Å². The highest BCUT2D eigenvalue weighted by Gasteiger charge is 2.36. The molecule has 2 aromatic rings. The second-order valence-corrected chi connectivity index (χ2v) is 11.2. The van der Waals surface area contributed by atoms with Gasteiger partial charge in [0, 0.05) is 24.6 Å². The minimum Gasteiger partial charge on any atom is -0.508 e. The maximum Gasteiger partial charge on any atom is 0.408 e. The summed E-state index contributed by atoms with van der Waals surface area (Å²) in [7, 11) is 1.46. The second kappa shape index (κ2) is 11.5. The Morgan fingerprint density at radius 2 is 1.57 bits per heavy atom. The first-order chi connectivity index (χ1) is 17.0. The van der Waals surface area contributed by atoms with Crippen molar-refractivity contribution < 1.29 is 29.3 Å². The Balaban J connectivity index is 2.49. The fraction of sp³-hybridized carbons (Fsp3) is 0.464. The van der Waals surface area contributed by atoms with Gasteiger partial charge in [-0.15, -0.1) is 0 Å². The minimum absolute atomic E-state index is 0.0673. The molecule has 2 rings (SSSR count). The van der Waals surface area contributed by atoms with Crippen LogP contribution in [-0.2, 0) is 20.7 Å². The van der Waals surface area contributed by atoms with Crippen LogP contribution in [0.2, 0.25) is 0 Å². The van der Waals surface area contributed by atoms with Crippen molar-refractivity contribution in [3.63, 3.8) is 0 Å². The molecule has 0 saturated carbocycles. The third-order valence-electron chi connectivity index (χ3n) is 5.41. The second-order valence-electron chi connectivity index (χ2n) is 11.2. The van der Waals surface area contributed by atoms with Crippen LogP contribution in [0.25, 0.3) is 0 Å².